The summed E-state index contributed by atoms with van der Waals surface area (Å²) in [6.07, 6.45) is 1.50. The van der Waals surface area contributed by atoms with Crippen molar-refractivity contribution in [3.63, 3.8) is 0 Å². The molecule has 0 radical (unpaired) electrons. The number of carbonyl (C=O) groups excluding carboxylic acids is 1. The SMILES string of the molecule is CC(NC(=O)c1ccccc1)c1nc(-c2ccc(=O)[nH]c2)no1. The molecule has 2 heterocycles. The van der Waals surface area contributed by atoms with Gasteiger partial charge in [0.2, 0.25) is 17.3 Å². The number of hydrogen-bond acceptors (Lipinski definition) is 5. The summed E-state index contributed by atoms with van der Waals surface area (Å²) in [5.41, 5.74) is 0.974. The first-order valence-electron chi connectivity index (χ1n) is 7.02. The van der Waals surface area contributed by atoms with Crippen molar-refractivity contribution in [2.75, 3.05) is 0 Å². The molecule has 23 heavy (non-hydrogen) atoms. The van der Waals surface area contributed by atoms with E-state index in [0.29, 0.717) is 17.0 Å². The Bertz CT molecular complexity index is 850. The van der Waals surface area contributed by atoms with Crippen LogP contribution in [0.1, 0.15) is 29.2 Å². The molecule has 1 unspecified atom stereocenters. The molecule has 1 amide bonds. The second-order valence-corrected chi connectivity index (χ2v) is 4.96. The van der Waals surface area contributed by atoms with Crippen molar-refractivity contribution >= 4 is 5.91 Å². The van der Waals surface area contributed by atoms with Gasteiger partial charge in [-0.25, -0.2) is 0 Å². The first kappa shape index (κ1) is 14.7. The zero-order chi connectivity index (χ0) is 16.2. The van der Waals surface area contributed by atoms with E-state index in [1.165, 1.54) is 12.3 Å². The minimum absolute atomic E-state index is 0.207. The number of nitrogens with zero attached hydrogens (tertiary/aromatic N) is 2. The van der Waals surface area contributed by atoms with Crippen molar-refractivity contribution in [1.29, 1.82) is 0 Å². The molecule has 7 nitrogen and oxygen atoms in total. The van der Waals surface area contributed by atoms with Crippen LogP contribution in [0.3, 0.4) is 0 Å². The largest absolute Gasteiger partial charge is 0.341 e. The fraction of sp³-hybridized carbons (Fsp3) is 0.125. The molecule has 3 aromatic rings. The van der Waals surface area contributed by atoms with E-state index in [1.807, 2.05) is 6.07 Å². The molecular formula is C16H14N4O3. The van der Waals surface area contributed by atoms with E-state index in [2.05, 4.69) is 20.4 Å². The molecule has 1 aromatic carbocycles. The molecule has 0 aliphatic heterocycles. The van der Waals surface area contributed by atoms with Crippen LogP contribution < -0.4 is 10.9 Å². The number of benzene rings is 1. The molecule has 0 aliphatic rings. The Balaban J connectivity index is 1.73. The highest BCUT2D eigenvalue weighted by Gasteiger charge is 2.18. The molecule has 2 N–H and O–H groups in total. The van der Waals surface area contributed by atoms with E-state index in [1.54, 1.807) is 37.3 Å². The van der Waals surface area contributed by atoms with Gasteiger partial charge >= 0.3 is 0 Å². The summed E-state index contributed by atoms with van der Waals surface area (Å²) in [7, 11) is 0. The summed E-state index contributed by atoms with van der Waals surface area (Å²) in [5.74, 6) is 0.412. The van der Waals surface area contributed by atoms with Gasteiger partial charge in [-0.1, -0.05) is 23.4 Å². The quantitative estimate of drug-likeness (QED) is 0.766. The van der Waals surface area contributed by atoms with Crippen LogP contribution in [-0.2, 0) is 0 Å². The summed E-state index contributed by atoms with van der Waals surface area (Å²) in [4.78, 5) is 29.9. The predicted molar refractivity (Wildman–Crippen MR) is 82.7 cm³/mol. The van der Waals surface area contributed by atoms with Crippen molar-refractivity contribution in [3.8, 4) is 11.4 Å². The molecule has 0 aliphatic carbocycles. The van der Waals surface area contributed by atoms with Gasteiger partial charge in [-0.15, -0.1) is 0 Å². The van der Waals surface area contributed by atoms with Crippen molar-refractivity contribution in [2.24, 2.45) is 0 Å². The number of aromatic amines is 1. The molecule has 0 saturated heterocycles. The average molecular weight is 310 g/mol. The van der Waals surface area contributed by atoms with E-state index < -0.39 is 6.04 Å². The number of hydrogen-bond donors (Lipinski definition) is 2. The fourth-order valence-electron chi connectivity index (χ4n) is 2.01. The van der Waals surface area contributed by atoms with E-state index >= 15 is 0 Å². The van der Waals surface area contributed by atoms with Gasteiger partial charge in [0.25, 0.3) is 5.91 Å². The Hall–Kier alpha value is -3.22. The van der Waals surface area contributed by atoms with Crippen LogP contribution in [0.2, 0.25) is 0 Å². The summed E-state index contributed by atoms with van der Waals surface area (Å²) in [6, 6.07) is 11.4. The Labute approximate surface area is 131 Å². The van der Waals surface area contributed by atoms with Crippen LogP contribution in [0.5, 0.6) is 0 Å². The lowest BCUT2D eigenvalue weighted by Gasteiger charge is -2.09. The third-order valence-electron chi connectivity index (χ3n) is 3.24. The van der Waals surface area contributed by atoms with Gasteiger partial charge in [-0.05, 0) is 25.1 Å². The maximum Gasteiger partial charge on any atom is 0.251 e. The van der Waals surface area contributed by atoms with Crippen LogP contribution in [0.15, 0.2) is 58.0 Å². The lowest BCUT2D eigenvalue weighted by atomic mass is 10.2. The summed E-state index contributed by atoms with van der Waals surface area (Å²) in [5, 5.41) is 6.65. The number of H-pyrrole nitrogens is 1. The third kappa shape index (κ3) is 3.34. The van der Waals surface area contributed by atoms with Crippen molar-refractivity contribution in [1.82, 2.24) is 20.4 Å². The van der Waals surface area contributed by atoms with Crippen molar-refractivity contribution in [3.05, 3.63) is 70.5 Å². The lowest BCUT2D eigenvalue weighted by molar-refractivity contribution is 0.0932. The normalized spacial score (nSPS) is 11.9. The number of nitrogens with one attached hydrogen (secondary N) is 2. The Morgan fingerprint density at radius 3 is 2.70 bits per heavy atom. The zero-order valence-corrected chi connectivity index (χ0v) is 12.3. The monoisotopic (exact) mass is 310 g/mol. The van der Waals surface area contributed by atoms with Gasteiger partial charge in [0.15, 0.2) is 0 Å². The van der Waals surface area contributed by atoms with Crippen LogP contribution in [0.4, 0.5) is 0 Å². The first-order chi connectivity index (χ1) is 11.1. The first-order valence-corrected chi connectivity index (χ1v) is 7.02. The summed E-state index contributed by atoms with van der Waals surface area (Å²) in [6.45, 7) is 1.75. The maximum atomic E-state index is 12.1. The standard InChI is InChI=1S/C16H14N4O3/c1-10(18-15(22)11-5-3-2-4-6-11)16-19-14(20-23-16)12-7-8-13(21)17-9-12/h2-10H,1H3,(H,17,21)(H,18,22). The predicted octanol–water partition coefficient (Wildman–Crippen LogP) is 1.92. The van der Waals surface area contributed by atoms with Gasteiger partial charge in [0.05, 0.1) is 0 Å². The highest BCUT2D eigenvalue weighted by molar-refractivity contribution is 5.94. The molecule has 116 valence electrons. The molecular weight excluding hydrogens is 296 g/mol. The molecule has 0 bridgehead atoms. The molecule has 0 spiro atoms. The number of pyridine rings is 1. The minimum Gasteiger partial charge on any atom is -0.341 e. The van der Waals surface area contributed by atoms with Crippen LogP contribution in [0.25, 0.3) is 11.4 Å². The summed E-state index contributed by atoms with van der Waals surface area (Å²) < 4.78 is 5.18. The van der Waals surface area contributed by atoms with Gasteiger partial charge in [0, 0.05) is 23.4 Å². The zero-order valence-electron chi connectivity index (χ0n) is 12.3. The fourth-order valence-corrected chi connectivity index (χ4v) is 2.01. The van der Waals surface area contributed by atoms with Gasteiger partial charge in [-0.2, -0.15) is 4.98 Å². The Morgan fingerprint density at radius 1 is 1.22 bits per heavy atom. The number of carbonyl (C=O) groups is 1. The highest BCUT2D eigenvalue weighted by atomic mass is 16.5. The Kier molecular flexibility index (Phi) is 4.01. The molecule has 0 saturated carbocycles. The molecule has 7 heteroatoms. The lowest BCUT2D eigenvalue weighted by Crippen LogP contribution is -2.26. The number of aromatic nitrogens is 3. The molecule has 3 rings (SSSR count). The highest BCUT2D eigenvalue weighted by Crippen LogP contribution is 2.17. The van der Waals surface area contributed by atoms with Crippen molar-refractivity contribution < 1.29 is 9.32 Å². The minimum atomic E-state index is -0.438. The molecule has 0 fully saturated rings. The molecule has 2 aromatic heterocycles. The Morgan fingerprint density at radius 2 is 2.00 bits per heavy atom. The maximum absolute atomic E-state index is 12.1. The van der Waals surface area contributed by atoms with Crippen molar-refractivity contribution in [2.45, 2.75) is 13.0 Å². The van der Waals surface area contributed by atoms with Crippen LogP contribution in [-0.4, -0.2) is 21.0 Å². The summed E-state index contributed by atoms with van der Waals surface area (Å²) >= 11 is 0. The number of rotatable bonds is 4. The second kappa shape index (κ2) is 6.27. The van der Waals surface area contributed by atoms with Gasteiger partial charge in [0.1, 0.15) is 6.04 Å². The van der Waals surface area contributed by atoms with E-state index in [9.17, 15) is 9.59 Å². The van der Waals surface area contributed by atoms with E-state index in [4.69, 9.17) is 4.52 Å². The smallest absolute Gasteiger partial charge is 0.251 e. The topological polar surface area (TPSA) is 101 Å². The van der Waals surface area contributed by atoms with Gasteiger partial charge < -0.3 is 14.8 Å². The van der Waals surface area contributed by atoms with Gasteiger partial charge in [-0.3, -0.25) is 9.59 Å². The van der Waals surface area contributed by atoms with E-state index in [0.717, 1.165) is 0 Å². The third-order valence-corrected chi connectivity index (χ3v) is 3.24. The average Bonchev–Trinajstić information content (AvgIpc) is 3.06. The van der Waals surface area contributed by atoms with E-state index in [-0.39, 0.29) is 17.4 Å². The van der Waals surface area contributed by atoms with Crippen LogP contribution >= 0.6 is 0 Å². The second-order valence-electron chi connectivity index (χ2n) is 4.96. The van der Waals surface area contributed by atoms with Crippen LogP contribution in [0, 0.1) is 0 Å². The molecule has 1 atom stereocenters. The number of amides is 1.